The van der Waals surface area contributed by atoms with Gasteiger partial charge in [0.2, 0.25) is 0 Å². The molecule has 0 fully saturated rings. The van der Waals surface area contributed by atoms with Gasteiger partial charge in [0, 0.05) is 16.8 Å². The molecule has 6 heteroatoms. The van der Waals surface area contributed by atoms with Gasteiger partial charge < -0.3 is 9.47 Å². The lowest BCUT2D eigenvalue weighted by atomic mass is 10.1. The number of para-hydroxylation sites is 2. The van der Waals surface area contributed by atoms with E-state index in [1.54, 1.807) is 41.5 Å². The number of benzene rings is 2. The van der Waals surface area contributed by atoms with E-state index in [9.17, 15) is 9.59 Å². The minimum atomic E-state index is -0.766. The second-order valence-electron chi connectivity index (χ2n) is 11.6. The van der Waals surface area contributed by atoms with Crippen molar-refractivity contribution in [1.29, 1.82) is 0 Å². The number of aliphatic imine (C=N–C) groups is 1. The lowest BCUT2D eigenvalue weighted by Gasteiger charge is -2.24. The van der Waals surface area contributed by atoms with Crippen molar-refractivity contribution >= 4 is 39.6 Å². The fourth-order valence-corrected chi connectivity index (χ4v) is 3.70. The minimum Gasteiger partial charge on any atom is -0.457 e. The zero-order valence-corrected chi connectivity index (χ0v) is 22.2. The van der Waals surface area contributed by atoms with E-state index in [2.05, 4.69) is 0 Å². The highest BCUT2D eigenvalue weighted by Gasteiger charge is 2.30. The summed E-state index contributed by atoms with van der Waals surface area (Å²) >= 11 is 0. The Morgan fingerprint density at radius 2 is 1.20 bits per heavy atom. The van der Waals surface area contributed by atoms with Gasteiger partial charge >= 0.3 is 11.9 Å². The Kier molecular flexibility index (Phi) is 6.98. The fourth-order valence-electron chi connectivity index (χ4n) is 3.70. The van der Waals surface area contributed by atoms with Gasteiger partial charge in [-0.05, 0) is 74.4 Å². The maximum Gasteiger partial charge on any atom is 0.342 e. The molecule has 0 N–H and O–H groups in total. The van der Waals surface area contributed by atoms with Crippen molar-refractivity contribution < 1.29 is 19.1 Å². The summed E-state index contributed by atoms with van der Waals surface area (Å²) < 4.78 is 13.2. The molecule has 0 amide bonds. The summed E-state index contributed by atoms with van der Waals surface area (Å²) in [7, 11) is 0. The molecule has 0 saturated carbocycles. The van der Waals surface area contributed by atoms with E-state index in [1.807, 2.05) is 73.9 Å². The molecule has 35 heavy (non-hydrogen) atoms. The van der Waals surface area contributed by atoms with Crippen molar-refractivity contribution in [3.63, 3.8) is 0 Å². The van der Waals surface area contributed by atoms with Gasteiger partial charge in [0.1, 0.15) is 22.6 Å². The standard InChI is InChI=1S/C29H36N2O4/c1-27(2,3)30-25(21(26(33)35-29(7,8)9)18-24(32)34-28(4,5)6)31-22-16-12-10-14-19(22)20-15-11-13-17-23(20)31/h10-18H,1-9H3. The normalized spacial score (nSPS) is 13.9. The molecule has 0 aliphatic carbocycles. The molecule has 0 aliphatic heterocycles. The van der Waals surface area contributed by atoms with Gasteiger partial charge in [0.05, 0.1) is 16.6 Å². The molecule has 1 aromatic heterocycles. The number of fused-ring (bicyclic) bond motifs is 3. The first-order chi connectivity index (χ1) is 16.1. The third-order valence-electron chi connectivity index (χ3n) is 4.76. The topological polar surface area (TPSA) is 69.9 Å². The van der Waals surface area contributed by atoms with Crippen LogP contribution in [0.25, 0.3) is 21.8 Å². The van der Waals surface area contributed by atoms with Gasteiger partial charge in [-0.25, -0.2) is 9.59 Å². The Bertz CT molecular complexity index is 1270. The Morgan fingerprint density at radius 1 is 0.743 bits per heavy atom. The molecule has 0 unspecified atom stereocenters. The van der Waals surface area contributed by atoms with Crippen LogP contribution < -0.4 is 0 Å². The Balaban J connectivity index is 2.38. The Hall–Kier alpha value is -3.41. The Labute approximate surface area is 207 Å². The SMILES string of the molecule is CC(C)(C)N=C(C(=CC(=O)OC(C)(C)C)C(=O)OC(C)(C)C)n1c2ccccc2c2ccccc21. The molecule has 0 aliphatic rings. The number of hydrogen-bond donors (Lipinski definition) is 0. The zero-order valence-electron chi connectivity index (χ0n) is 22.2. The van der Waals surface area contributed by atoms with Crippen molar-refractivity contribution in [3.8, 4) is 0 Å². The molecule has 186 valence electrons. The van der Waals surface area contributed by atoms with Crippen LogP contribution >= 0.6 is 0 Å². The average Bonchev–Trinajstić information content (AvgIpc) is 3.01. The molecule has 1 heterocycles. The molecule has 0 radical (unpaired) electrons. The quantitative estimate of drug-likeness (QED) is 0.189. The third-order valence-corrected chi connectivity index (χ3v) is 4.76. The first-order valence-corrected chi connectivity index (χ1v) is 11.8. The number of aromatic nitrogens is 1. The summed E-state index contributed by atoms with van der Waals surface area (Å²) in [4.78, 5) is 31.5. The highest BCUT2D eigenvalue weighted by molar-refractivity contribution is 6.27. The molecule has 2 aromatic carbocycles. The summed E-state index contributed by atoms with van der Waals surface area (Å²) in [5.41, 5.74) is -0.267. The van der Waals surface area contributed by atoms with Gasteiger partial charge in [-0.1, -0.05) is 36.4 Å². The molecule has 0 bridgehead atoms. The van der Waals surface area contributed by atoms with E-state index >= 15 is 0 Å². The summed E-state index contributed by atoms with van der Waals surface area (Å²) in [5, 5.41) is 2.04. The van der Waals surface area contributed by atoms with E-state index in [0.717, 1.165) is 21.8 Å². The summed E-state index contributed by atoms with van der Waals surface area (Å²) in [6, 6.07) is 15.9. The van der Waals surface area contributed by atoms with Crippen molar-refractivity contribution in [2.45, 2.75) is 79.1 Å². The number of nitrogens with zero attached hydrogens (tertiary/aromatic N) is 2. The predicted molar refractivity (Wildman–Crippen MR) is 142 cm³/mol. The van der Waals surface area contributed by atoms with Crippen LogP contribution in [-0.4, -0.2) is 39.1 Å². The van der Waals surface area contributed by atoms with E-state index in [0.29, 0.717) is 5.84 Å². The predicted octanol–water partition coefficient (Wildman–Crippen LogP) is 6.45. The highest BCUT2D eigenvalue weighted by atomic mass is 16.6. The first-order valence-electron chi connectivity index (χ1n) is 11.8. The Morgan fingerprint density at radius 3 is 1.63 bits per heavy atom. The second kappa shape index (κ2) is 9.33. The van der Waals surface area contributed by atoms with Crippen LogP contribution in [0.2, 0.25) is 0 Å². The average molecular weight is 477 g/mol. The maximum absolute atomic E-state index is 13.6. The van der Waals surface area contributed by atoms with Gasteiger partial charge in [0.25, 0.3) is 0 Å². The molecule has 0 atom stereocenters. The zero-order chi connectivity index (χ0) is 26.2. The molecular weight excluding hydrogens is 440 g/mol. The third kappa shape index (κ3) is 6.59. The van der Waals surface area contributed by atoms with Gasteiger partial charge in [0.15, 0.2) is 0 Å². The summed E-state index contributed by atoms with van der Waals surface area (Å²) in [5.74, 6) is -0.955. The molecule has 0 saturated heterocycles. The lowest BCUT2D eigenvalue weighted by Crippen LogP contribution is -2.32. The lowest BCUT2D eigenvalue weighted by molar-refractivity contribution is -0.152. The van der Waals surface area contributed by atoms with Gasteiger partial charge in [-0.3, -0.25) is 9.56 Å². The van der Waals surface area contributed by atoms with E-state index in [1.165, 1.54) is 6.08 Å². The molecular formula is C29H36N2O4. The van der Waals surface area contributed by atoms with E-state index in [-0.39, 0.29) is 5.57 Å². The molecule has 3 rings (SSSR count). The summed E-state index contributed by atoms with van der Waals surface area (Å²) in [6.45, 7) is 16.5. The largest absolute Gasteiger partial charge is 0.457 e. The van der Waals surface area contributed by atoms with E-state index < -0.39 is 28.7 Å². The number of carbonyl (C=O) groups is 2. The van der Waals surface area contributed by atoms with Crippen LogP contribution in [-0.2, 0) is 19.1 Å². The molecule has 0 spiro atoms. The smallest absolute Gasteiger partial charge is 0.342 e. The molecule has 6 nitrogen and oxygen atoms in total. The number of carbonyl (C=O) groups excluding carboxylic acids is 2. The van der Waals surface area contributed by atoms with Crippen LogP contribution in [0.1, 0.15) is 62.3 Å². The maximum atomic E-state index is 13.6. The minimum absolute atomic E-state index is 0.0376. The van der Waals surface area contributed by atoms with Gasteiger partial charge in [-0.15, -0.1) is 0 Å². The van der Waals surface area contributed by atoms with Crippen molar-refractivity contribution in [2.75, 3.05) is 0 Å². The highest BCUT2D eigenvalue weighted by Crippen LogP contribution is 2.31. The second-order valence-corrected chi connectivity index (χ2v) is 11.6. The van der Waals surface area contributed by atoms with Crippen LogP contribution in [0.5, 0.6) is 0 Å². The van der Waals surface area contributed by atoms with Crippen LogP contribution in [0.15, 0.2) is 65.2 Å². The summed E-state index contributed by atoms with van der Waals surface area (Å²) in [6.07, 6.45) is 1.20. The van der Waals surface area contributed by atoms with Crippen molar-refractivity contribution in [2.24, 2.45) is 4.99 Å². The van der Waals surface area contributed by atoms with Crippen LogP contribution in [0.3, 0.4) is 0 Å². The van der Waals surface area contributed by atoms with Crippen molar-refractivity contribution in [1.82, 2.24) is 4.57 Å². The van der Waals surface area contributed by atoms with Gasteiger partial charge in [-0.2, -0.15) is 0 Å². The number of esters is 2. The van der Waals surface area contributed by atoms with Crippen molar-refractivity contribution in [3.05, 3.63) is 60.2 Å². The van der Waals surface area contributed by atoms with E-state index in [4.69, 9.17) is 14.5 Å². The molecule has 3 aromatic rings. The van der Waals surface area contributed by atoms with Crippen LogP contribution in [0, 0.1) is 0 Å². The fraction of sp³-hybridized carbons (Fsp3) is 0.414. The number of rotatable bonds is 3. The monoisotopic (exact) mass is 476 g/mol. The first kappa shape index (κ1) is 26.2. The number of ether oxygens (including phenoxy) is 2. The number of hydrogen-bond acceptors (Lipinski definition) is 5. The van der Waals surface area contributed by atoms with Crippen LogP contribution in [0.4, 0.5) is 0 Å².